The number of piperidine rings is 1. The normalized spacial score (nSPS) is 18.6. The molecule has 6 nitrogen and oxygen atoms in total. The molecule has 124 valence electrons. The molecule has 0 unspecified atom stereocenters. The van der Waals surface area contributed by atoms with Gasteiger partial charge in [0.1, 0.15) is 5.69 Å². The molecule has 3 heterocycles. The van der Waals surface area contributed by atoms with Crippen LogP contribution in [-0.2, 0) is 6.54 Å². The van der Waals surface area contributed by atoms with Crippen LogP contribution >= 0.6 is 0 Å². The molecule has 2 aromatic rings. The van der Waals surface area contributed by atoms with Crippen molar-refractivity contribution in [1.29, 1.82) is 0 Å². The van der Waals surface area contributed by atoms with Crippen LogP contribution in [0.3, 0.4) is 0 Å². The molecule has 0 bridgehead atoms. The minimum atomic E-state index is 0.0746. The van der Waals surface area contributed by atoms with Crippen LogP contribution in [0.15, 0.2) is 18.3 Å². The number of rotatable bonds is 4. The predicted octanol–water partition coefficient (Wildman–Crippen LogP) is 3.12. The van der Waals surface area contributed by atoms with Crippen LogP contribution in [0.1, 0.15) is 73.9 Å². The lowest BCUT2D eigenvalue weighted by molar-refractivity contribution is 0.0593. The van der Waals surface area contributed by atoms with Gasteiger partial charge in [0.15, 0.2) is 0 Å². The lowest BCUT2D eigenvalue weighted by atomic mass is 9.99. The first-order valence-corrected chi connectivity index (χ1v) is 8.49. The molecular formula is C17H25N5O. The second-order valence-corrected chi connectivity index (χ2v) is 6.45. The summed E-state index contributed by atoms with van der Waals surface area (Å²) in [4.78, 5) is 15.1. The van der Waals surface area contributed by atoms with E-state index in [0.717, 1.165) is 37.2 Å². The third-order valence-corrected chi connectivity index (χ3v) is 4.55. The monoisotopic (exact) mass is 315 g/mol. The predicted molar refractivity (Wildman–Crippen MR) is 88.2 cm³/mol. The van der Waals surface area contributed by atoms with Crippen LogP contribution in [0.4, 0.5) is 0 Å². The molecule has 1 N–H and O–H groups in total. The van der Waals surface area contributed by atoms with Crippen molar-refractivity contribution in [3.05, 3.63) is 35.4 Å². The zero-order valence-corrected chi connectivity index (χ0v) is 14.1. The number of likely N-dealkylation sites (tertiary alicyclic amines) is 1. The van der Waals surface area contributed by atoms with Crippen LogP contribution in [0.25, 0.3) is 0 Å². The van der Waals surface area contributed by atoms with Gasteiger partial charge in [0.2, 0.25) is 0 Å². The number of aryl methyl sites for hydroxylation is 1. The SMILES string of the molecule is CCn1nc(C(C)C)cc1C(=O)N1CCCC[C@H]1c1ccn[nH]1. The number of aromatic amines is 1. The van der Waals surface area contributed by atoms with Crippen molar-refractivity contribution in [3.8, 4) is 0 Å². The Morgan fingerprint density at radius 3 is 2.91 bits per heavy atom. The Kier molecular flexibility index (Phi) is 4.50. The number of amides is 1. The van der Waals surface area contributed by atoms with Gasteiger partial charge in [0, 0.05) is 19.3 Å². The summed E-state index contributed by atoms with van der Waals surface area (Å²) in [5.41, 5.74) is 2.69. The quantitative estimate of drug-likeness (QED) is 0.942. The van der Waals surface area contributed by atoms with E-state index in [4.69, 9.17) is 0 Å². The summed E-state index contributed by atoms with van der Waals surface area (Å²) in [6.45, 7) is 7.72. The maximum absolute atomic E-state index is 13.2. The Hall–Kier alpha value is -2.11. The molecule has 1 aliphatic heterocycles. The second-order valence-electron chi connectivity index (χ2n) is 6.45. The number of H-pyrrole nitrogens is 1. The number of hydrogen-bond acceptors (Lipinski definition) is 3. The highest BCUT2D eigenvalue weighted by molar-refractivity contribution is 5.93. The number of hydrogen-bond donors (Lipinski definition) is 1. The molecule has 23 heavy (non-hydrogen) atoms. The van der Waals surface area contributed by atoms with Gasteiger partial charge in [-0.05, 0) is 44.2 Å². The molecule has 0 saturated carbocycles. The Morgan fingerprint density at radius 2 is 2.26 bits per heavy atom. The molecule has 6 heteroatoms. The van der Waals surface area contributed by atoms with E-state index in [1.54, 1.807) is 6.20 Å². The average molecular weight is 315 g/mol. The number of carbonyl (C=O) groups is 1. The van der Waals surface area contributed by atoms with Gasteiger partial charge in [-0.1, -0.05) is 13.8 Å². The Labute approximate surface area is 136 Å². The van der Waals surface area contributed by atoms with E-state index in [0.29, 0.717) is 18.2 Å². The van der Waals surface area contributed by atoms with Crippen LogP contribution in [0, 0.1) is 0 Å². The summed E-state index contributed by atoms with van der Waals surface area (Å²) in [6, 6.07) is 4.00. The van der Waals surface area contributed by atoms with E-state index in [1.165, 1.54) is 0 Å². The fraction of sp³-hybridized carbons (Fsp3) is 0.588. The van der Waals surface area contributed by atoms with E-state index in [2.05, 4.69) is 29.1 Å². The topological polar surface area (TPSA) is 66.8 Å². The molecule has 0 spiro atoms. The number of aromatic nitrogens is 4. The van der Waals surface area contributed by atoms with Gasteiger partial charge in [0.25, 0.3) is 5.91 Å². The maximum Gasteiger partial charge on any atom is 0.272 e. The van der Waals surface area contributed by atoms with Crippen molar-refractivity contribution in [2.45, 2.75) is 58.5 Å². The standard InChI is InChI=1S/C17H25N5O/c1-4-22-16(11-14(20-22)12(2)3)17(23)21-10-6-5-7-15(21)13-8-9-18-19-13/h8-9,11-12,15H,4-7,10H2,1-3H3,(H,18,19)/t15-/m0/s1. The zero-order valence-electron chi connectivity index (χ0n) is 14.1. The molecule has 3 rings (SSSR count). The van der Waals surface area contributed by atoms with E-state index in [1.807, 2.05) is 28.6 Å². The van der Waals surface area contributed by atoms with E-state index in [-0.39, 0.29) is 11.9 Å². The summed E-state index contributed by atoms with van der Waals surface area (Å²) in [7, 11) is 0. The smallest absolute Gasteiger partial charge is 0.272 e. The van der Waals surface area contributed by atoms with Gasteiger partial charge < -0.3 is 4.90 Å². The lowest BCUT2D eigenvalue weighted by Gasteiger charge is -2.35. The molecule has 1 atom stereocenters. The third kappa shape index (κ3) is 3.02. The van der Waals surface area contributed by atoms with Crippen molar-refractivity contribution in [1.82, 2.24) is 24.9 Å². The van der Waals surface area contributed by atoms with Crippen molar-refractivity contribution < 1.29 is 4.79 Å². The van der Waals surface area contributed by atoms with Crippen molar-refractivity contribution in [2.24, 2.45) is 0 Å². The van der Waals surface area contributed by atoms with E-state index >= 15 is 0 Å². The molecular weight excluding hydrogens is 290 g/mol. The van der Waals surface area contributed by atoms with Gasteiger partial charge in [-0.15, -0.1) is 0 Å². The minimum Gasteiger partial charge on any atom is -0.329 e. The number of nitrogens with zero attached hydrogens (tertiary/aromatic N) is 4. The summed E-state index contributed by atoms with van der Waals surface area (Å²) in [5.74, 6) is 0.393. The van der Waals surface area contributed by atoms with Gasteiger partial charge in [-0.25, -0.2) is 0 Å². The van der Waals surface area contributed by atoms with Crippen molar-refractivity contribution in [3.63, 3.8) is 0 Å². The molecule has 1 saturated heterocycles. The number of nitrogens with one attached hydrogen (secondary N) is 1. The second kappa shape index (κ2) is 6.56. The Bertz CT molecular complexity index is 659. The van der Waals surface area contributed by atoms with Crippen LogP contribution in [0.2, 0.25) is 0 Å². The first-order chi connectivity index (χ1) is 11.1. The maximum atomic E-state index is 13.2. The number of carbonyl (C=O) groups excluding carboxylic acids is 1. The highest BCUT2D eigenvalue weighted by Crippen LogP contribution is 2.31. The van der Waals surface area contributed by atoms with Gasteiger partial charge in [-0.3, -0.25) is 14.6 Å². The Balaban J connectivity index is 1.91. The molecule has 1 aliphatic rings. The van der Waals surface area contributed by atoms with E-state index in [9.17, 15) is 4.79 Å². The van der Waals surface area contributed by atoms with Gasteiger partial charge >= 0.3 is 0 Å². The molecule has 1 amide bonds. The molecule has 2 aromatic heterocycles. The molecule has 0 aliphatic carbocycles. The largest absolute Gasteiger partial charge is 0.329 e. The highest BCUT2D eigenvalue weighted by Gasteiger charge is 2.31. The molecule has 0 radical (unpaired) electrons. The van der Waals surface area contributed by atoms with E-state index < -0.39 is 0 Å². The van der Waals surface area contributed by atoms with Crippen molar-refractivity contribution >= 4 is 5.91 Å². The minimum absolute atomic E-state index is 0.0746. The zero-order chi connectivity index (χ0) is 16.4. The fourth-order valence-corrected chi connectivity index (χ4v) is 3.23. The first-order valence-electron chi connectivity index (χ1n) is 8.49. The third-order valence-electron chi connectivity index (χ3n) is 4.55. The van der Waals surface area contributed by atoms with Gasteiger partial charge in [0.05, 0.1) is 17.4 Å². The molecule has 1 fully saturated rings. The summed E-state index contributed by atoms with van der Waals surface area (Å²) >= 11 is 0. The first kappa shape index (κ1) is 15.8. The lowest BCUT2D eigenvalue weighted by Crippen LogP contribution is -2.39. The van der Waals surface area contributed by atoms with Gasteiger partial charge in [-0.2, -0.15) is 10.2 Å². The van der Waals surface area contributed by atoms with Crippen LogP contribution in [-0.4, -0.2) is 37.3 Å². The highest BCUT2D eigenvalue weighted by atomic mass is 16.2. The summed E-state index contributed by atoms with van der Waals surface area (Å²) in [5, 5.41) is 11.7. The summed E-state index contributed by atoms with van der Waals surface area (Å²) < 4.78 is 1.83. The van der Waals surface area contributed by atoms with Crippen LogP contribution in [0.5, 0.6) is 0 Å². The van der Waals surface area contributed by atoms with Crippen LogP contribution < -0.4 is 0 Å². The Morgan fingerprint density at radius 1 is 1.43 bits per heavy atom. The summed E-state index contributed by atoms with van der Waals surface area (Å²) in [6.07, 6.45) is 4.91. The molecule has 0 aromatic carbocycles. The average Bonchev–Trinajstić information content (AvgIpc) is 3.23. The van der Waals surface area contributed by atoms with Crippen molar-refractivity contribution in [2.75, 3.05) is 6.54 Å². The fourth-order valence-electron chi connectivity index (χ4n) is 3.23.